The van der Waals surface area contributed by atoms with Gasteiger partial charge in [0.05, 0.1) is 6.26 Å². The highest BCUT2D eigenvalue weighted by atomic mass is 32.2. The lowest BCUT2D eigenvalue weighted by Gasteiger charge is -2.32. The number of hydrogen-bond acceptors (Lipinski definition) is 4. The standard InChI is InChI=1S/C17H25N3O3S/c1-24(22,23)19-14-7-10-20(11-8-14)17(21)16-5-3-2-4-15(16)13-6-9-18-12-13/h2-5,13-14,18-19H,6-12H2,1H3. The predicted molar refractivity (Wildman–Crippen MR) is 93.6 cm³/mol. The number of carbonyl (C=O) groups is 1. The van der Waals surface area contributed by atoms with Crippen LogP contribution in [0.25, 0.3) is 0 Å². The SMILES string of the molecule is CS(=O)(=O)NC1CCN(C(=O)c2ccccc2C2CCNC2)CC1. The van der Waals surface area contributed by atoms with Gasteiger partial charge in [-0.3, -0.25) is 4.79 Å². The third-order valence-electron chi connectivity index (χ3n) is 4.85. The molecule has 0 spiro atoms. The second-order valence-electron chi connectivity index (χ2n) is 6.73. The largest absolute Gasteiger partial charge is 0.339 e. The van der Waals surface area contributed by atoms with Gasteiger partial charge in [0.1, 0.15) is 0 Å². The molecular formula is C17H25N3O3S. The second kappa shape index (κ2) is 7.21. The first-order valence-electron chi connectivity index (χ1n) is 8.50. The molecule has 3 rings (SSSR count). The average Bonchev–Trinajstić information content (AvgIpc) is 3.08. The number of nitrogens with zero attached hydrogens (tertiary/aromatic N) is 1. The molecule has 6 nitrogen and oxygen atoms in total. The monoisotopic (exact) mass is 351 g/mol. The van der Waals surface area contributed by atoms with Crippen LogP contribution in [0.3, 0.4) is 0 Å². The van der Waals surface area contributed by atoms with Crippen molar-refractivity contribution >= 4 is 15.9 Å². The molecule has 2 fully saturated rings. The number of sulfonamides is 1. The van der Waals surface area contributed by atoms with E-state index in [1.807, 2.05) is 23.1 Å². The minimum atomic E-state index is -3.19. The fourth-order valence-electron chi connectivity index (χ4n) is 3.64. The van der Waals surface area contributed by atoms with Gasteiger partial charge in [-0.2, -0.15) is 0 Å². The molecule has 2 aliphatic heterocycles. The van der Waals surface area contributed by atoms with Crippen LogP contribution in [0.1, 0.15) is 41.1 Å². The molecule has 2 saturated heterocycles. The van der Waals surface area contributed by atoms with Crippen molar-refractivity contribution in [1.82, 2.24) is 14.9 Å². The molecule has 1 amide bonds. The van der Waals surface area contributed by atoms with Crippen molar-refractivity contribution < 1.29 is 13.2 Å². The van der Waals surface area contributed by atoms with Gasteiger partial charge < -0.3 is 10.2 Å². The van der Waals surface area contributed by atoms with Gasteiger partial charge >= 0.3 is 0 Å². The maximum atomic E-state index is 12.9. The molecule has 1 unspecified atom stereocenters. The number of amides is 1. The number of carbonyl (C=O) groups excluding carboxylic acids is 1. The molecule has 0 aliphatic carbocycles. The zero-order valence-corrected chi connectivity index (χ0v) is 14.8. The van der Waals surface area contributed by atoms with Gasteiger partial charge in [-0.25, -0.2) is 13.1 Å². The van der Waals surface area contributed by atoms with Crippen LogP contribution < -0.4 is 10.0 Å². The Kier molecular flexibility index (Phi) is 5.22. The summed E-state index contributed by atoms with van der Waals surface area (Å²) in [5.74, 6) is 0.463. The molecule has 2 heterocycles. The van der Waals surface area contributed by atoms with E-state index in [1.54, 1.807) is 0 Å². The summed E-state index contributed by atoms with van der Waals surface area (Å²) in [6.07, 6.45) is 3.55. The molecule has 0 aromatic heterocycles. The molecule has 132 valence electrons. The second-order valence-corrected chi connectivity index (χ2v) is 8.51. The van der Waals surface area contributed by atoms with E-state index in [4.69, 9.17) is 0 Å². The Balaban J connectivity index is 1.68. The third-order valence-corrected chi connectivity index (χ3v) is 5.62. The quantitative estimate of drug-likeness (QED) is 0.845. The van der Waals surface area contributed by atoms with Crippen molar-refractivity contribution in [3.05, 3.63) is 35.4 Å². The molecule has 1 atom stereocenters. The van der Waals surface area contributed by atoms with E-state index in [-0.39, 0.29) is 11.9 Å². The fourth-order valence-corrected chi connectivity index (χ4v) is 4.48. The summed E-state index contributed by atoms with van der Waals surface area (Å²) in [7, 11) is -3.19. The van der Waals surface area contributed by atoms with Crippen LogP contribution in [0.4, 0.5) is 0 Å². The number of benzene rings is 1. The summed E-state index contributed by atoms with van der Waals surface area (Å²) in [6, 6.07) is 7.81. The van der Waals surface area contributed by atoms with E-state index in [0.29, 0.717) is 31.8 Å². The molecular weight excluding hydrogens is 326 g/mol. The lowest BCUT2D eigenvalue weighted by Crippen LogP contribution is -2.46. The normalized spacial score (nSPS) is 22.7. The number of piperidine rings is 1. The highest BCUT2D eigenvalue weighted by Gasteiger charge is 2.28. The minimum absolute atomic E-state index is 0.0651. The first-order chi connectivity index (χ1) is 11.4. The van der Waals surface area contributed by atoms with Gasteiger partial charge in [-0.1, -0.05) is 18.2 Å². The van der Waals surface area contributed by atoms with Gasteiger partial charge in [0.2, 0.25) is 10.0 Å². The van der Waals surface area contributed by atoms with Crippen LogP contribution in [0, 0.1) is 0 Å². The van der Waals surface area contributed by atoms with E-state index in [1.165, 1.54) is 6.26 Å². The van der Waals surface area contributed by atoms with E-state index in [2.05, 4.69) is 16.1 Å². The van der Waals surface area contributed by atoms with Crippen LogP contribution in [0.2, 0.25) is 0 Å². The smallest absolute Gasteiger partial charge is 0.254 e. The van der Waals surface area contributed by atoms with Crippen molar-refractivity contribution in [3.63, 3.8) is 0 Å². The van der Waals surface area contributed by atoms with Gasteiger partial charge in [0, 0.05) is 31.2 Å². The van der Waals surface area contributed by atoms with Gasteiger partial charge in [0.25, 0.3) is 5.91 Å². The summed E-state index contributed by atoms with van der Waals surface area (Å²) < 4.78 is 25.3. The highest BCUT2D eigenvalue weighted by molar-refractivity contribution is 7.88. The average molecular weight is 351 g/mol. The Morgan fingerprint density at radius 1 is 1.21 bits per heavy atom. The minimum Gasteiger partial charge on any atom is -0.339 e. The first-order valence-corrected chi connectivity index (χ1v) is 10.4. The Morgan fingerprint density at radius 2 is 1.92 bits per heavy atom. The molecule has 7 heteroatoms. The topological polar surface area (TPSA) is 78.5 Å². The zero-order chi connectivity index (χ0) is 17.2. The van der Waals surface area contributed by atoms with Crippen molar-refractivity contribution in [1.29, 1.82) is 0 Å². The summed E-state index contributed by atoms with van der Waals surface area (Å²) in [6.45, 7) is 3.09. The molecule has 0 bridgehead atoms. The molecule has 1 aromatic carbocycles. The van der Waals surface area contributed by atoms with Gasteiger partial charge in [-0.05, 0) is 43.4 Å². The maximum absolute atomic E-state index is 12.9. The molecule has 1 aromatic rings. The highest BCUT2D eigenvalue weighted by Crippen LogP contribution is 2.27. The van der Waals surface area contributed by atoms with E-state index < -0.39 is 10.0 Å². The number of hydrogen-bond donors (Lipinski definition) is 2. The van der Waals surface area contributed by atoms with Crippen molar-refractivity contribution in [2.75, 3.05) is 32.4 Å². The summed E-state index contributed by atoms with van der Waals surface area (Å²) in [4.78, 5) is 14.8. The summed E-state index contributed by atoms with van der Waals surface area (Å²) in [5.41, 5.74) is 1.92. The Hall–Kier alpha value is -1.44. The molecule has 0 saturated carbocycles. The predicted octanol–water partition coefficient (Wildman–Crippen LogP) is 0.917. The van der Waals surface area contributed by atoms with Gasteiger partial charge in [0.15, 0.2) is 0 Å². The van der Waals surface area contributed by atoms with Gasteiger partial charge in [-0.15, -0.1) is 0 Å². The first kappa shape index (κ1) is 17.4. The number of likely N-dealkylation sites (tertiary alicyclic amines) is 1. The van der Waals surface area contributed by atoms with Crippen LogP contribution in [-0.4, -0.2) is 57.7 Å². The fraction of sp³-hybridized carbons (Fsp3) is 0.588. The van der Waals surface area contributed by atoms with Crippen molar-refractivity contribution in [3.8, 4) is 0 Å². The molecule has 0 radical (unpaired) electrons. The molecule has 24 heavy (non-hydrogen) atoms. The molecule has 2 N–H and O–H groups in total. The van der Waals surface area contributed by atoms with Crippen LogP contribution in [0.15, 0.2) is 24.3 Å². The third kappa shape index (κ3) is 4.15. The van der Waals surface area contributed by atoms with Crippen LogP contribution in [-0.2, 0) is 10.0 Å². The van der Waals surface area contributed by atoms with Crippen molar-refractivity contribution in [2.45, 2.75) is 31.2 Å². The van der Waals surface area contributed by atoms with Crippen LogP contribution >= 0.6 is 0 Å². The Bertz CT molecular complexity index is 691. The lowest BCUT2D eigenvalue weighted by molar-refractivity contribution is 0.0710. The zero-order valence-electron chi connectivity index (χ0n) is 14.0. The van der Waals surface area contributed by atoms with Crippen LogP contribution in [0.5, 0.6) is 0 Å². The summed E-state index contributed by atoms with van der Waals surface area (Å²) in [5, 5.41) is 3.35. The molecule has 2 aliphatic rings. The lowest BCUT2D eigenvalue weighted by atomic mass is 9.92. The maximum Gasteiger partial charge on any atom is 0.254 e. The van der Waals surface area contributed by atoms with E-state index in [0.717, 1.165) is 30.6 Å². The Labute approximate surface area is 143 Å². The Morgan fingerprint density at radius 3 is 2.54 bits per heavy atom. The number of nitrogens with one attached hydrogen (secondary N) is 2. The summed E-state index contributed by atoms with van der Waals surface area (Å²) >= 11 is 0. The van der Waals surface area contributed by atoms with E-state index in [9.17, 15) is 13.2 Å². The van der Waals surface area contributed by atoms with Crippen molar-refractivity contribution in [2.24, 2.45) is 0 Å². The number of rotatable bonds is 4. The van der Waals surface area contributed by atoms with E-state index >= 15 is 0 Å².